The summed E-state index contributed by atoms with van der Waals surface area (Å²) in [4.78, 5) is 5.65. The third-order valence-electron chi connectivity index (χ3n) is 28.4. The SMILES string of the molecule is CC(C)(C)c1ccc(-c2cccc(-c3cc(C(C)(C)C)cc(C(C)(C)C)c3)c2N2c3cc(-c4cc(C(C)(C)C)cc(C(C)(C)C)c4)ccc3B3c4ccc(-c5cc(C(C)(C)C)cc(C(C)(C)C)c5)cc4N(c4c(-c5ccc(C(C)(C)C)cc5)cccc4-c4cc(C(C)(C)C)cc(C(C)(C)C)c4)c4cc(-n5c6ccc(C(C)(C)C)cc6c6cc(C(C)(C)C)ccc65)cc2c43)cc1. The molecule has 130 heavy (non-hydrogen) atoms. The number of hydrogen-bond donors (Lipinski definition) is 0. The summed E-state index contributed by atoms with van der Waals surface area (Å²) >= 11 is 0. The van der Waals surface area contributed by atoms with Crippen LogP contribution in [0, 0.1) is 0 Å². The Hall–Kier alpha value is -10.7. The van der Waals surface area contributed by atoms with Crippen molar-refractivity contribution in [1.82, 2.24) is 4.57 Å². The van der Waals surface area contributed by atoms with E-state index in [4.69, 9.17) is 0 Å². The van der Waals surface area contributed by atoms with Gasteiger partial charge in [-0.25, -0.2) is 0 Å². The first-order valence-electron chi connectivity index (χ1n) is 48.3. The van der Waals surface area contributed by atoms with Gasteiger partial charge >= 0.3 is 0 Å². The van der Waals surface area contributed by atoms with Gasteiger partial charge in [-0.3, -0.25) is 0 Å². The van der Waals surface area contributed by atoms with E-state index in [9.17, 15) is 0 Å². The summed E-state index contributed by atoms with van der Waals surface area (Å²) in [6.45, 7) is 85.2. The number of anilines is 6. The number of hydrogen-bond acceptors (Lipinski definition) is 2. The second-order valence-corrected chi connectivity index (χ2v) is 51.1. The van der Waals surface area contributed by atoms with Crippen LogP contribution in [0.3, 0.4) is 0 Å². The zero-order valence-corrected chi connectivity index (χ0v) is 86.0. The lowest BCUT2D eigenvalue weighted by Gasteiger charge is -2.46. The highest BCUT2D eigenvalue weighted by molar-refractivity contribution is 7.00. The van der Waals surface area contributed by atoms with Crippen molar-refractivity contribution in [2.75, 3.05) is 9.80 Å². The van der Waals surface area contributed by atoms with E-state index in [0.717, 1.165) is 73.1 Å². The zero-order valence-electron chi connectivity index (χ0n) is 86.0. The number of rotatable bonds is 9. The lowest BCUT2D eigenvalue weighted by molar-refractivity contribution is 0.568. The monoisotopic (exact) mass is 1710 g/mol. The van der Waals surface area contributed by atoms with Crippen LogP contribution in [0.25, 0.3) is 94.3 Å². The van der Waals surface area contributed by atoms with Gasteiger partial charge in [-0.15, -0.1) is 0 Å². The number of aromatic nitrogens is 1. The maximum absolute atomic E-state index is 2.83. The summed E-state index contributed by atoms with van der Waals surface area (Å²) in [7, 11) is 0. The fraction of sp³-hybridized carbons (Fsp3) is 0.381. The highest BCUT2D eigenvalue weighted by atomic mass is 15.2. The molecular formula is C126H148BN3. The third kappa shape index (κ3) is 17.5. The Morgan fingerprint density at radius 1 is 0.185 bits per heavy atom. The average Bonchev–Trinajstić information content (AvgIpc) is 0.865. The topological polar surface area (TPSA) is 11.4 Å². The number of benzene rings is 13. The first-order valence-corrected chi connectivity index (χ1v) is 48.3. The van der Waals surface area contributed by atoms with Crippen LogP contribution in [-0.4, -0.2) is 11.3 Å². The lowest BCUT2D eigenvalue weighted by Crippen LogP contribution is -2.61. The summed E-state index contributed by atoms with van der Waals surface area (Å²) in [5, 5.41) is 2.49. The van der Waals surface area contributed by atoms with Gasteiger partial charge < -0.3 is 14.4 Å². The predicted octanol–water partition coefficient (Wildman–Crippen LogP) is 34.4. The molecule has 14 aromatic rings. The van der Waals surface area contributed by atoms with Gasteiger partial charge in [0.05, 0.1) is 28.1 Å². The van der Waals surface area contributed by atoms with E-state index in [1.54, 1.807) is 0 Å². The number of fused-ring (bicyclic) bond motifs is 7. The van der Waals surface area contributed by atoms with Crippen LogP contribution in [0.5, 0.6) is 0 Å². The van der Waals surface area contributed by atoms with Crippen molar-refractivity contribution < 1.29 is 0 Å². The van der Waals surface area contributed by atoms with E-state index < -0.39 is 0 Å². The molecule has 4 heteroatoms. The molecule has 3 heterocycles. The van der Waals surface area contributed by atoms with Gasteiger partial charge in [0.25, 0.3) is 6.71 Å². The highest BCUT2D eigenvalue weighted by Gasteiger charge is 2.47. The van der Waals surface area contributed by atoms with E-state index in [2.05, 4.69) is 506 Å². The number of nitrogens with zero attached hydrogens (tertiary/aromatic N) is 3. The number of para-hydroxylation sites is 2. The van der Waals surface area contributed by atoms with E-state index in [0.29, 0.717) is 0 Å². The van der Waals surface area contributed by atoms with Crippen molar-refractivity contribution in [3.63, 3.8) is 0 Å². The Labute approximate surface area is 784 Å². The Balaban J connectivity index is 1.19. The summed E-state index contributed by atoms with van der Waals surface area (Å²) in [5.41, 5.74) is 42.1. The van der Waals surface area contributed by atoms with E-state index >= 15 is 0 Å². The molecule has 0 spiro atoms. The van der Waals surface area contributed by atoms with Gasteiger partial charge in [0.15, 0.2) is 0 Å². The van der Waals surface area contributed by atoms with Crippen molar-refractivity contribution in [1.29, 1.82) is 0 Å². The van der Waals surface area contributed by atoms with E-state index in [-0.39, 0.29) is 71.7 Å². The van der Waals surface area contributed by atoms with Crippen LogP contribution in [0.2, 0.25) is 0 Å². The van der Waals surface area contributed by atoms with Crippen LogP contribution in [0.15, 0.2) is 243 Å². The maximum Gasteiger partial charge on any atom is 0.252 e. The molecule has 670 valence electrons. The van der Waals surface area contributed by atoms with Crippen molar-refractivity contribution >= 4 is 79.0 Å². The van der Waals surface area contributed by atoms with Crippen LogP contribution < -0.4 is 26.2 Å². The van der Waals surface area contributed by atoms with Crippen LogP contribution in [0.1, 0.15) is 316 Å². The molecule has 0 bridgehead atoms. The van der Waals surface area contributed by atoms with Crippen LogP contribution >= 0.6 is 0 Å². The molecule has 0 saturated carbocycles. The molecule has 0 unspecified atom stereocenters. The smallest absolute Gasteiger partial charge is 0.252 e. The minimum atomic E-state index is -0.310. The molecule has 0 radical (unpaired) electrons. The fourth-order valence-corrected chi connectivity index (χ4v) is 19.6. The third-order valence-corrected chi connectivity index (χ3v) is 28.4. The second-order valence-electron chi connectivity index (χ2n) is 51.1. The van der Waals surface area contributed by atoms with Gasteiger partial charge in [0, 0.05) is 55.8 Å². The Kier molecular flexibility index (Phi) is 22.4. The average molecular weight is 1720 g/mol. The fourth-order valence-electron chi connectivity index (χ4n) is 19.6. The summed E-state index contributed by atoms with van der Waals surface area (Å²) in [6, 6.07) is 99.6. The predicted molar refractivity (Wildman–Crippen MR) is 572 cm³/mol. The first-order chi connectivity index (χ1) is 60.0. The zero-order chi connectivity index (χ0) is 94.5. The van der Waals surface area contributed by atoms with E-state index in [1.165, 1.54) is 138 Å². The molecule has 0 N–H and O–H groups in total. The van der Waals surface area contributed by atoms with Crippen molar-refractivity contribution in [3.05, 3.63) is 309 Å². The summed E-state index contributed by atoms with van der Waals surface area (Å²) in [6.07, 6.45) is 0. The van der Waals surface area contributed by atoms with E-state index in [1.807, 2.05) is 0 Å². The molecule has 0 aliphatic carbocycles. The van der Waals surface area contributed by atoms with Gasteiger partial charge in [0.1, 0.15) is 0 Å². The van der Waals surface area contributed by atoms with Crippen LogP contribution in [-0.2, 0) is 65.0 Å². The molecule has 2 aliphatic rings. The van der Waals surface area contributed by atoms with Crippen molar-refractivity contribution in [2.24, 2.45) is 0 Å². The molecule has 1 aromatic heterocycles. The van der Waals surface area contributed by atoms with Crippen molar-refractivity contribution in [3.8, 4) is 72.4 Å². The standard InChI is InChI=1S/C126H148BN3/c1-115(2,3)85-49-43-77(44-50-85)98-39-37-41-100(83-63-93(123(25,26)27)71-94(64-83)124(28,29)30)113(98)129-108-67-79(81-59-89(119(13,14)15)69-90(60-81)120(16,17)18)47-55-104(108)127-105-56-48-80(82-61-91(121(19,20)21)70-92(62-82)122(22,23)24)68-109(105)130(111-76-97(75-110(129)112(111)127)128-106-57-53-87(117(7,8)9)73-102(106)103-74-88(118(10,11)12)54-58-107(103)128)114-99(78-45-51-86(52-46-78)116(4,5)6)40-38-42-101(114)84-65-95(125(31,32)33)72-96(66-84)126(34,35)36/h37-76H,1-36H3. The Morgan fingerprint density at radius 2 is 0.423 bits per heavy atom. The molecular weight excluding hydrogens is 1570 g/mol. The molecule has 3 nitrogen and oxygen atoms in total. The minimum Gasteiger partial charge on any atom is -0.310 e. The first kappa shape index (κ1) is 92.6. The summed E-state index contributed by atoms with van der Waals surface area (Å²) in [5.74, 6) is 0. The molecule has 0 atom stereocenters. The van der Waals surface area contributed by atoms with Gasteiger partial charge in [-0.1, -0.05) is 443 Å². The molecule has 0 fully saturated rings. The second kappa shape index (κ2) is 31.5. The van der Waals surface area contributed by atoms with Crippen molar-refractivity contribution in [2.45, 2.75) is 314 Å². The van der Waals surface area contributed by atoms with Gasteiger partial charge in [-0.05, 0) is 241 Å². The van der Waals surface area contributed by atoms with Crippen LogP contribution in [0.4, 0.5) is 34.1 Å². The Morgan fingerprint density at radius 3 is 0.685 bits per heavy atom. The largest absolute Gasteiger partial charge is 0.310 e. The van der Waals surface area contributed by atoms with Gasteiger partial charge in [0.2, 0.25) is 0 Å². The summed E-state index contributed by atoms with van der Waals surface area (Å²) < 4.78 is 2.67. The normalized spacial score (nSPS) is 14.0. The quantitative estimate of drug-likeness (QED) is 0.133. The minimum absolute atomic E-state index is 0.0866. The maximum atomic E-state index is 2.83. The molecule has 0 amide bonds. The molecule has 0 saturated heterocycles. The lowest BCUT2D eigenvalue weighted by atomic mass is 9.33. The Bertz CT molecular complexity index is 6260. The molecule has 2 aliphatic heterocycles. The van der Waals surface area contributed by atoms with Gasteiger partial charge in [-0.2, -0.15) is 0 Å². The molecule has 13 aromatic carbocycles. The molecule has 16 rings (SSSR count). The highest BCUT2D eigenvalue weighted by Crippen LogP contribution is 2.57.